The maximum atomic E-state index is 13.1. The molecule has 1 aromatic heterocycles. The number of hydrogen-bond acceptors (Lipinski definition) is 7. The van der Waals surface area contributed by atoms with Gasteiger partial charge < -0.3 is 15.2 Å². The third-order valence-electron chi connectivity index (χ3n) is 4.41. The molecule has 3 rings (SSSR count). The summed E-state index contributed by atoms with van der Waals surface area (Å²) in [7, 11) is -1.23. The average Bonchev–Trinajstić information content (AvgIpc) is 3.26. The molecule has 2 N–H and O–H groups in total. The fraction of sp³-hybridized carbons (Fsp3) is 0.353. The summed E-state index contributed by atoms with van der Waals surface area (Å²) >= 11 is 0.839. The van der Waals surface area contributed by atoms with E-state index in [0.29, 0.717) is 0 Å². The quantitative estimate of drug-likeness (QED) is 0.726. The first kappa shape index (κ1) is 21.6. The minimum absolute atomic E-state index is 0. The molecular weight excluding hydrogens is 412 g/mol. The van der Waals surface area contributed by atoms with Gasteiger partial charge in [0.05, 0.1) is 14.2 Å². The molecule has 1 fully saturated rings. The number of sulfonamides is 1. The van der Waals surface area contributed by atoms with Crippen LogP contribution in [0.1, 0.15) is 21.2 Å². The summed E-state index contributed by atoms with van der Waals surface area (Å²) in [6.07, 6.45) is 0. The van der Waals surface area contributed by atoms with Crippen molar-refractivity contribution < 1.29 is 22.7 Å². The molecule has 0 spiro atoms. The highest BCUT2D eigenvalue weighted by Gasteiger charge is 2.40. The number of halogens is 1. The minimum Gasteiger partial charge on any atom is -0.494 e. The number of rotatable bonds is 5. The second-order valence-corrected chi connectivity index (χ2v) is 9.15. The summed E-state index contributed by atoms with van der Waals surface area (Å²) < 4.78 is 37.4. The Balaban J connectivity index is 0.00000261. The number of carbonyl (C=O) groups is 1. The molecule has 0 aliphatic carbocycles. The van der Waals surface area contributed by atoms with Gasteiger partial charge in [0.1, 0.15) is 4.88 Å². The maximum Gasteiger partial charge on any atom is 0.348 e. The van der Waals surface area contributed by atoms with E-state index in [4.69, 9.17) is 10.5 Å². The first-order valence-electron chi connectivity index (χ1n) is 7.95. The molecule has 0 unspecified atom stereocenters. The number of hydrogen-bond donors (Lipinski definition) is 1. The zero-order valence-electron chi connectivity index (χ0n) is 14.8. The van der Waals surface area contributed by atoms with Crippen LogP contribution in [0, 0.1) is 0 Å². The van der Waals surface area contributed by atoms with Gasteiger partial charge in [-0.15, -0.1) is 23.7 Å². The van der Waals surface area contributed by atoms with Crippen molar-refractivity contribution in [2.75, 3.05) is 27.3 Å². The van der Waals surface area contributed by atoms with Gasteiger partial charge in [-0.1, -0.05) is 30.3 Å². The van der Waals surface area contributed by atoms with Crippen LogP contribution in [0.25, 0.3) is 0 Å². The van der Waals surface area contributed by atoms with E-state index in [9.17, 15) is 13.2 Å². The summed E-state index contributed by atoms with van der Waals surface area (Å²) in [6, 6.07) is 10.7. The lowest BCUT2D eigenvalue weighted by Gasteiger charge is -2.16. The maximum absolute atomic E-state index is 13.1. The second kappa shape index (κ2) is 8.57. The van der Waals surface area contributed by atoms with Gasteiger partial charge in [0, 0.05) is 31.1 Å². The van der Waals surface area contributed by atoms with Crippen molar-refractivity contribution in [1.82, 2.24) is 4.31 Å². The van der Waals surface area contributed by atoms with Crippen LogP contribution in [0.2, 0.25) is 0 Å². The van der Waals surface area contributed by atoms with E-state index < -0.39 is 16.0 Å². The number of methoxy groups -OCH3 is 2. The van der Waals surface area contributed by atoms with Crippen LogP contribution < -0.4 is 10.5 Å². The van der Waals surface area contributed by atoms with Crippen molar-refractivity contribution in [3.63, 3.8) is 0 Å². The Labute approximate surface area is 168 Å². The monoisotopic (exact) mass is 432 g/mol. The molecule has 1 aromatic carbocycles. The van der Waals surface area contributed by atoms with Crippen molar-refractivity contribution in [3.8, 4) is 5.75 Å². The summed E-state index contributed by atoms with van der Waals surface area (Å²) in [4.78, 5) is 11.9. The fourth-order valence-electron chi connectivity index (χ4n) is 3.04. The van der Waals surface area contributed by atoms with Gasteiger partial charge in [-0.2, -0.15) is 4.31 Å². The van der Waals surface area contributed by atoms with Gasteiger partial charge in [-0.3, -0.25) is 0 Å². The number of esters is 1. The first-order valence-corrected chi connectivity index (χ1v) is 10.2. The van der Waals surface area contributed by atoms with Crippen molar-refractivity contribution in [2.45, 2.75) is 16.2 Å². The van der Waals surface area contributed by atoms with Crippen molar-refractivity contribution in [3.05, 3.63) is 46.8 Å². The zero-order chi connectivity index (χ0) is 18.9. The van der Waals surface area contributed by atoms with E-state index in [1.165, 1.54) is 24.6 Å². The van der Waals surface area contributed by atoms with Crippen LogP contribution >= 0.6 is 23.7 Å². The zero-order valence-corrected chi connectivity index (χ0v) is 17.3. The Morgan fingerprint density at radius 1 is 1.22 bits per heavy atom. The lowest BCUT2D eigenvalue weighted by Crippen LogP contribution is -2.32. The Hall–Kier alpha value is -1.65. The molecule has 1 aliphatic rings. The van der Waals surface area contributed by atoms with E-state index in [0.717, 1.165) is 16.9 Å². The molecule has 0 bridgehead atoms. The van der Waals surface area contributed by atoms with Crippen LogP contribution in [0.4, 0.5) is 0 Å². The van der Waals surface area contributed by atoms with Gasteiger partial charge in [-0.25, -0.2) is 13.2 Å². The molecular formula is C17H21ClN2O5S2. The molecule has 0 saturated carbocycles. The normalized spacial score (nSPS) is 20.1. The van der Waals surface area contributed by atoms with E-state index in [-0.39, 0.29) is 52.3 Å². The number of thiophene rings is 1. The molecule has 0 radical (unpaired) electrons. The van der Waals surface area contributed by atoms with Crippen LogP contribution in [0.15, 0.2) is 40.6 Å². The lowest BCUT2D eigenvalue weighted by molar-refractivity contribution is 0.0606. The Morgan fingerprint density at radius 3 is 2.48 bits per heavy atom. The molecule has 2 atom stereocenters. The van der Waals surface area contributed by atoms with Crippen molar-refractivity contribution in [2.24, 2.45) is 5.73 Å². The van der Waals surface area contributed by atoms with E-state index in [1.807, 2.05) is 30.3 Å². The minimum atomic E-state index is -3.84. The molecule has 2 heterocycles. The van der Waals surface area contributed by atoms with Crippen molar-refractivity contribution >= 4 is 39.7 Å². The molecule has 27 heavy (non-hydrogen) atoms. The topological polar surface area (TPSA) is 98.9 Å². The summed E-state index contributed by atoms with van der Waals surface area (Å²) in [5.41, 5.74) is 7.22. The first-order chi connectivity index (χ1) is 12.4. The summed E-state index contributed by atoms with van der Waals surface area (Å²) in [6.45, 7) is 0.485. The predicted octanol–water partition coefficient (Wildman–Crippen LogP) is 2.08. The van der Waals surface area contributed by atoms with E-state index in [1.54, 1.807) is 0 Å². The van der Waals surface area contributed by atoms with Gasteiger partial charge >= 0.3 is 5.97 Å². The number of benzene rings is 1. The molecule has 2 aromatic rings. The standard InChI is InChI=1S/C17H20N2O5S2.ClH/c1-23-14-8-15(16(20)24-2)25-17(14)26(21,22)19-9-12(13(18)10-19)11-6-4-3-5-7-11;/h3-8,12-13H,9-10,18H2,1-2H3;1H/t12-,13+;/m0./s1. The van der Waals surface area contributed by atoms with Gasteiger partial charge in [0.15, 0.2) is 9.96 Å². The van der Waals surface area contributed by atoms with Crippen LogP contribution in [0.5, 0.6) is 5.75 Å². The highest BCUT2D eigenvalue weighted by molar-refractivity contribution is 7.91. The van der Waals surface area contributed by atoms with Gasteiger partial charge in [0.2, 0.25) is 0 Å². The molecule has 1 saturated heterocycles. The summed E-state index contributed by atoms with van der Waals surface area (Å²) in [5.74, 6) is -0.556. The Morgan fingerprint density at radius 2 is 1.89 bits per heavy atom. The molecule has 10 heteroatoms. The largest absolute Gasteiger partial charge is 0.494 e. The number of nitrogens with zero attached hydrogens (tertiary/aromatic N) is 1. The van der Waals surface area contributed by atoms with E-state index >= 15 is 0 Å². The fourth-order valence-corrected chi connectivity index (χ4v) is 6.18. The Kier molecular flexibility index (Phi) is 6.87. The molecule has 148 valence electrons. The number of nitrogens with two attached hydrogens (primary N) is 1. The predicted molar refractivity (Wildman–Crippen MR) is 105 cm³/mol. The number of carbonyl (C=O) groups excluding carboxylic acids is 1. The SMILES string of the molecule is COC(=O)c1cc(OC)c(S(=O)(=O)N2C[C@@H](N)[C@H](c3ccccc3)C2)s1.Cl. The van der Waals surface area contributed by atoms with Crippen LogP contribution in [-0.2, 0) is 14.8 Å². The number of ether oxygens (including phenoxy) is 2. The van der Waals surface area contributed by atoms with Gasteiger partial charge in [0.25, 0.3) is 10.0 Å². The highest BCUT2D eigenvalue weighted by atomic mass is 35.5. The highest BCUT2D eigenvalue weighted by Crippen LogP contribution is 2.38. The van der Waals surface area contributed by atoms with Crippen LogP contribution in [-0.4, -0.2) is 52.0 Å². The third-order valence-corrected chi connectivity index (χ3v) is 7.83. The van der Waals surface area contributed by atoms with Crippen LogP contribution in [0.3, 0.4) is 0 Å². The average molecular weight is 433 g/mol. The second-order valence-electron chi connectivity index (χ2n) is 5.96. The Bertz CT molecular complexity index is 901. The van der Waals surface area contributed by atoms with Crippen molar-refractivity contribution in [1.29, 1.82) is 0 Å². The smallest absolute Gasteiger partial charge is 0.348 e. The summed E-state index contributed by atoms with van der Waals surface area (Å²) in [5, 5.41) is 0. The van der Waals surface area contributed by atoms with E-state index in [2.05, 4.69) is 4.74 Å². The lowest BCUT2D eigenvalue weighted by atomic mass is 9.95. The molecule has 1 aliphatic heterocycles. The van der Waals surface area contributed by atoms with Gasteiger partial charge in [-0.05, 0) is 5.56 Å². The molecule has 0 amide bonds. The third kappa shape index (κ3) is 4.12. The molecule has 7 nitrogen and oxygen atoms in total.